The number of aromatic nitrogens is 1. The fourth-order valence-electron chi connectivity index (χ4n) is 3.49. The number of nitrogens with zero attached hydrogens (tertiary/aromatic N) is 3. The maximum atomic E-state index is 13.2. The van der Waals surface area contributed by atoms with Gasteiger partial charge in [-0.3, -0.25) is 4.79 Å². The van der Waals surface area contributed by atoms with E-state index in [4.69, 9.17) is 15.3 Å². The number of nitrogens with two attached hydrogens (primary N) is 1. The van der Waals surface area contributed by atoms with Gasteiger partial charge in [-0.15, -0.1) is 11.3 Å². The van der Waals surface area contributed by atoms with Crippen molar-refractivity contribution in [2.24, 2.45) is 5.16 Å². The Morgan fingerprint density at radius 3 is 2.69 bits per heavy atom. The number of hydrogen-bond acceptors (Lipinski definition) is 13. The number of carboxylic acids is 1. The van der Waals surface area contributed by atoms with Gasteiger partial charge in [0, 0.05) is 16.9 Å². The summed E-state index contributed by atoms with van der Waals surface area (Å²) in [6.07, 6.45) is 1.46. The van der Waals surface area contributed by atoms with E-state index in [1.807, 2.05) is 0 Å². The van der Waals surface area contributed by atoms with Gasteiger partial charge in [0.05, 0.1) is 11.9 Å². The van der Waals surface area contributed by atoms with E-state index in [9.17, 15) is 24.3 Å². The number of thiazole rings is 1. The molecule has 1 aromatic heterocycles. The molecular weight excluding hydrogens is 518 g/mol. The Morgan fingerprint density at radius 2 is 2.11 bits per heavy atom. The molecule has 0 saturated carbocycles. The van der Waals surface area contributed by atoms with Crippen LogP contribution in [0, 0.1) is 0 Å². The highest BCUT2D eigenvalue weighted by molar-refractivity contribution is 8.01. The van der Waals surface area contributed by atoms with Gasteiger partial charge < -0.3 is 30.5 Å². The largest absolute Gasteiger partial charge is 0.540 e. The molecule has 0 radical (unpaired) electrons. The molecule has 15 heteroatoms. The lowest BCUT2D eigenvalue weighted by molar-refractivity contribution is -0.721. The van der Waals surface area contributed by atoms with E-state index in [1.165, 1.54) is 23.2 Å². The molecule has 35 heavy (non-hydrogen) atoms. The van der Waals surface area contributed by atoms with Crippen molar-refractivity contribution in [3.05, 3.63) is 22.8 Å². The average molecular weight is 544 g/mol. The van der Waals surface area contributed by atoms with Crippen molar-refractivity contribution in [2.45, 2.75) is 44.7 Å². The number of esters is 1. The molecular formula is C20H25N5O7S3. The molecule has 2 aliphatic rings. The van der Waals surface area contributed by atoms with Crippen LogP contribution in [0.25, 0.3) is 0 Å². The number of carbonyl (C=O) groups excluding carboxylic acids is 4. The predicted octanol–water partition coefficient (Wildman–Crippen LogP) is 0.00430. The molecule has 1 saturated heterocycles. The second-order valence-corrected chi connectivity index (χ2v) is 11.8. The number of nitrogens with one attached hydrogen (secondary N) is 1. The van der Waals surface area contributed by atoms with Crippen molar-refractivity contribution in [1.82, 2.24) is 10.3 Å². The molecule has 2 aliphatic heterocycles. The second kappa shape index (κ2) is 10.6. The van der Waals surface area contributed by atoms with Crippen molar-refractivity contribution in [2.75, 3.05) is 23.8 Å². The molecule has 0 aromatic carbocycles. The molecule has 3 rings (SSSR count). The summed E-state index contributed by atoms with van der Waals surface area (Å²) >= 11 is 3.56. The number of nitrogen functional groups attached to an aromatic ring is 1. The van der Waals surface area contributed by atoms with Gasteiger partial charge in [0.2, 0.25) is 12.6 Å². The van der Waals surface area contributed by atoms with E-state index in [-0.39, 0.29) is 22.2 Å². The number of anilines is 1. The number of amides is 2. The fourth-order valence-corrected chi connectivity index (χ4v) is 6.87. The molecule has 190 valence electrons. The topological polar surface area (TPSA) is 173 Å². The number of carboxylic acid groups (broad SMARTS) is 1. The first-order valence-electron chi connectivity index (χ1n) is 10.5. The highest BCUT2D eigenvalue weighted by atomic mass is 32.2. The lowest BCUT2D eigenvalue weighted by Crippen LogP contribution is -2.78. The molecule has 0 spiro atoms. The Hall–Kier alpha value is -2.62. The average Bonchev–Trinajstić information content (AvgIpc) is 3.19. The summed E-state index contributed by atoms with van der Waals surface area (Å²) in [5.41, 5.74) is 4.63. The van der Waals surface area contributed by atoms with Crippen molar-refractivity contribution in [3.8, 4) is 0 Å². The molecule has 3 heterocycles. The van der Waals surface area contributed by atoms with Crippen LogP contribution >= 0.6 is 35.0 Å². The van der Waals surface area contributed by atoms with E-state index in [0.29, 0.717) is 11.5 Å². The van der Waals surface area contributed by atoms with Gasteiger partial charge in [0.15, 0.2) is 21.9 Å². The number of ether oxygens (including phenoxy) is 1. The number of aliphatic carboxylic acids is 1. The third-order valence-electron chi connectivity index (χ3n) is 4.70. The molecule has 1 aromatic rings. The van der Waals surface area contributed by atoms with Crippen molar-refractivity contribution in [1.29, 1.82) is 0 Å². The van der Waals surface area contributed by atoms with Crippen LogP contribution in [-0.2, 0) is 28.8 Å². The number of thioether (sulfide) groups is 1. The van der Waals surface area contributed by atoms with E-state index < -0.39 is 51.3 Å². The zero-order valence-electron chi connectivity index (χ0n) is 19.4. The molecule has 3 N–H and O–H groups in total. The number of hydrogen-bond donors (Lipinski definition) is 2. The van der Waals surface area contributed by atoms with Gasteiger partial charge in [0.1, 0.15) is 17.3 Å². The van der Waals surface area contributed by atoms with Gasteiger partial charge in [-0.1, -0.05) is 23.8 Å². The Morgan fingerprint density at radius 1 is 1.40 bits per heavy atom. The van der Waals surface area contributed by atoms with Crippen LogP contribution in [0.15, 0.2) is 22.3 Å². The third kappa shape index (κ3) is 5.63. The quantitative estimate of drug-likeness (QED) is 0.107. The summed E-state index contributed by atoms with van der Waals surface area (Å²) in [6.45, 7) is 6.34. The number of fused-ring (bicyclic) bond motifs is 1. The van der Waals surface area contributed by atoms with Gasteiger partial charge in [-0.2, -0.15) is 3.89 Å². The van der Waals surface area contributed by atoms with Crippen LogP contribution in [0.3, 0.4) is 0 Å². The molecule has 0 bridgehead atoms. The summed E-state index contributed by atoms with van der Waals surface area (Å²) in [5.74, 6) is -2.58. The number of quaternary nitrogens is 1. The Bertz CT molecular complexity index is 1100. The molecule has 2 unspecified atom stereocenters. The minimum atomic E-state index is -1.43. The summed E-state index contributed by atoms with van der Waals surface area (Å²) < 4.78 is 4.67. The van der Waals surface area contributed by atoms with Crippen LogP contribution < -0.4 is 16.2 Å². The van der Waals surface area contributed by atoms with E-state index in [0.717, 1.165) is 23.3 Å². The number of oxime groups is 1. The van der Waals surface area contributed by atoms with Gasteiger partial charge in [-0.25, -0.2) is 14.6 Å². The van der Waals surface area contributed by atoms with Gasteiger partial charge >= 0.3 is 11.9 Å². The maximum absolute atomic E-state index is 13.2. The zero-order chi connectivity index (χ0) is 26.0. The Balaban J connectivity index is 1.79. The predicted molar refractivity (Wildman–Crippen MR) is 130 cm³/mol. The second-order valence-electron chi connectivity index (χ2n) is 8.34. The first-order chi connectivity index (χ1) is 16.4. The third-order valence-corrected chi connectivity index (χ3v) is 8.07. The zero-order valence-corrected chi connectivity index (χ0v) is 21.9. The molecule has 2 amide bonds. The van der Waals surface area contributed by atoms with Crippen LogP contribution in [0.1, 0.15) is 33.4 Å². The van der Waals surface area contributed by atoms with Crippen LogP contribution in [0.2, 0.25) is 0 Å². The summed E-state index contributed by atoms with van der Waals surface area (Å²) in [7, 11) is 0. The molecule has 3 atom stereocenters. The smallest absolute Gasteiger partial charge is 0.361 e. The molecule has 0 aliphatic carbocycles. The number of carbonyl (C=O) groups is 4. The summed E-state index contributed by atoms with van der Waals surface area (Å²) in [6, 6.07) is -0.985. The van der Waals surface area contributed by atoms with Crippen LogP contribution in [0.5, 0.6) is 0 Å². The normalized spacial score (nSPS) is 24.1. The first-order valence-corrected chi connectivity index (χ1v) is 13.3. The SMILES string of the molecule is CCS[N+]12C(=O)C(NC(=O)C(=NOCC(=O)OC(C)(C)C)c3csc(N)n3)[C@@H]1SCC=C2C(=O)[O-]. The molecule has 12 nitrogen and oxygen atoms in total. The lowest BCUT2D eigenvalue weighted by atomic mass is 10.0. The number of rotatable bonds is 9. The van der Waals surface area contributed by atoms with Crippen LogP contribution in [-0.4, -0.2) is 73.5 Å². The van der Waals surface area contributed by atoms with E-state index in [1.54, 1.807) is 27.7 Å². The van der Waals surface area contributed by atoms with Crippen molar-refractivity contribution in [3.63, 3.8) is 0 Å². The van der Waals surface area contributed by atoms with E-state index in [2.05, 4.69) is 15.5 Å². The highest BCUT2D eigenvalue weighted by Gasteiger charge is 2.69. The highest BCUT2D eigenvalue weighted by Crippen LogP contribution is 2.51. The molecule has 1 fully saturated rings. The van der Waals surface area contributed by atoms with Crippen molar-refractivity contribution < 1.29 is 37.7 Å². The van der Waals surface area contributed by atoms with Gasteiger partial charge in [0.25, 0.3) is 5.91 Å². The minimum Gasteiger partial charge on any atom is -0.540 e. The number of β-lactam (4-membered cyclic amide) rings is 1. The summed E-state index contributed by atoms with van der Waals surface area (Å²) in [5, 5.41) is 19.2. The Kier molecular flexibility index (Phi) is 8.14. The van der Waals surface area contributed by atoms with Crippen LogP contribution in [0.4, 0.5) is 5.13 Å². The minimum absolute atomic E-state index is 0.0938. The lowest BCUT2D eigenvalue weighted by Gasteiger charge is -2.53. The maximum Gasteiger partial charge on any atom is 0.361 e. The standard InChI is InChI=1S/C20H25N5O7S3/c1-5-35-25-11(18(29)30)6-7-33-17(25)14(16(25)28)23-15(27)13(10-9-34-19(21)22-10)24-31-8-12(26)32-20(2,3)4/h6,9,14,17H,5,7-8H2,1-4H3,(H3-,21,22,23,27,29,30)/t14?,17-,25?/m0/s1. The summed E-state index contributed by atoms with van der Waals surface area (Å²) in [4.78, 5) is 59.0. The van der Waals surface area contributed by atoms with Crippen molar-refractivity contribution >= 4 is 69.6 Å². The monoisotopic (exact) mass is 543 g/mol. The fraction of sp³-hybridized carbons (Fsp3) is 0.500. The van der Waals surface area contributed by atoms with Gasteiger partial charge in [-0.05, 0) is 26.8 Å². The first kappa shape index (κ1) is 27.0. The van der Waals surface area contributed by atoms with E-state index >= 15 is 0 Å². The Labute approximate surface area is 214 Å².